The lowest BCUT2D eigenvalue weighted by molar-refractivity contribution is -0.137. The molecule has 0 saturated heterocycles. The molecule has 1 aliphatic heterocycles. The van der Waals surface area contributed by atoms with Gasteiger partial charge in [-0.3, -0.25) is 10.1 Å². The van der Waals surface area contributed by atoms with Gasteiger partial charge < -0.3 is 4.74 Å². The summed E-state index contributed by atoms with van der Waals surface area (Å²) in [5, 5.41) is 11.1. The standard InChI is InChI=1S/C13H9F3N2O2/c14-13(15,16)10-3-1-2-8(6-10)11(19)18-12-9(7-17)4-5-20-12/h1-3,6H,4-5H2,(H,18,19). The molecule has 1 heterocycles. The lowest BCUT2D eigenvalue weighted by Crippen LogP contribution is -2.24. The van der Waals surface area contributed by atoms with Crippen LogP contribution in [0.25, 0.3) is 0 Å². The summed E-state index contributed by atoms with van der Waals surface area (Å²) in [6, 6.07) is 5.89. The number of benzene rings is 1. The third-order valence-electron chi connectivity index (χ3n) is 2.69. The first-order valence-electron chi connectivity index (χ1n) is 5.66. The van der Waals surface area contributed by atoms with Crippen LogP contribution in [-0.2, 0) is 10.9 Å². The van der Waals surface area contributed by atoms with E-state index < -0.39 is 17.6 Å². The molecular weight excluding hydrogens is 273 g/mol. The first-order valence-corrected chi connectivity index (χ1v) is 5.66. The van der Waals surface area contributed by atoms with E-state index in [2.05, 4.69) is 5.32 Å². The summed E-state index contributed by atoms with van der Waals surface area (Å²) in [5.41, 5.74) is -0.794. The zero-order valence-electron chi connectivity index (χ0n) is 10.1. The molecular formula is C13H9F3N2O2. The van der Waals surface area contributed by atoms with Gasteiger partial charge in [0.15, 0.2) is 0 Å². The quantitative estimate of drug-likeness (QED) is 0.906. The summed E-state index contributed by atoms with van der Waals surface area (Å²) in [5.74, 6) is -0.740. The fraction of sp³-hybridized carbons (Fsp3) is 0.231. The normalized spacial score (nSPS) is 14.7. The molecule has 0 aliphatic carbocycles. The number of amides is 1. The van der Waals surface area contributed by atoms with E-state index in [9.17, 15) is 18.0 Å². The van der Waals surface area contributed by atoms with Crippen LogP contribution >= 0.6 is 0 Å². The SMILES string of the molecule is N#CC1=C(NC(=O)c2cccc(C(F)(F)F)c2)OCC1. The van der Waals surface area contributed by atoms with Gasteiger partial charge >= 0.3 is 6.18 Å². The number of nitrogens with one attached hydrogen (secondary N) is 1. The Balaban J connectivity index is 2.21. The molecule has 0 radical (unpaired) electrons. The van der Waals surface area contributed by atoms with E-state index in [1.54, 1.807) is 0 Å². The fourth-order valence-electron chi connectivity index (χ4n) is 1.69. The number of hydrogen-bond acceptors (Lipinski definition) is 3. The van der Waals surface area contributed by atoms with Crippen molar-refractivity contribution in [1.29, 1.82) is 5.26 Å². The van der Waals surface area contributed by atoms with Crippen LogP contribution < -0.4 is 5.32 Å². The van der Waals surface area contributed by atoms with Crippen LogP contribution in [0.2, 0.25) is 0 Å². The van der Waals surface area contributed by atoms with Crippen LogP contribution in [0.5, 0.6) is 0 Å². The Morgan fingerprint density at radius 2 is 2.15 bits per heavy atom. The van der Waals surface area contributed by atoms with Crippen molar-refractivity contribution in [3.63, 3.8) is 0 Å². The van der Waals surface area contributed by atoms with Gasteiger partial charge in [-0.15, -0.1) is 0 Å². The predicted molar refractivity (Wildman–Crippen MR) is 62.1 cm³/mol. The van der Waals surface area contributed by atoms with Crippen molar-refractivity contribution in [2.75, 3.05) is 6.61 Å². The van der Waals surface area contributed by atoms with E-state index >= 15 is 0 Å². The highest BCUT2D eigenvalue weighted by Crippen LogP contribution is 2.29. The largest absolute Gasteiger partial charge is 0.478 e. The average Bonchev–Trinajstić information content (AvgIpc) is 2.85. The second kappa shape index (κ2) is 5.25. The molecule has 1 N–H and O–H groups in total. The van der Waals surface area contributed by atoms with Gasteiger partial charge in [-0.1, -0.05) is 6.07 Å². The van der Waals surface area contributed by atoms with Crippen molar-refractivity contribution < 1.29 is 22.7 Å². The number of halogens is 3. The van der Waals surface area contributed by atoms with E-state index in [0.29, 0.717) is 6.42 Å². The average molecular weight is 282 g/mol. The highest BCUT2D eigenvalue weighted by atomic mass is 19.4. The van der Waals surface area contributed by atoms with Crippen molar-refractivity contribution in [3.8, 4) is 6.07 Å². The van der Waals surface area contributed by atoms with Gasteiger partial charge in [0.2, 0.25) is 5.88 Å². The molecule has 0 aromatic heterocycles. The van der Waals surface area contributed by atoms with Crippen LogP contribution in [0.1, 0.15) is 22.3 Å². The summed E-state index contributed by atoms with van der Waals surface area (Å²) in [6.07, 6.45) is -4.15. The van der Waals surface area contributed by atoms with E-state index in [1.165, 1.54) is 6.07 Å². The zero-order chi connectivity index (χ0) is 14.8. The number of alkyl halides is 3. The maximum absolute atomic E-state index is 12.5. The topological polar surface area (TPSA) is 62.1 Å². The second-order valence-electron chi connectivity index (χ2n) is 4.05. The summed E-state index contributed by atoms with van der Waals surface area (Å²) in [6.45, 7) is 0.265. The van der Waals surface area contributed by atoms with Crippen LogP contribution in [0.4, 0.5) is 13.2 Å². The fourth-order valence-corrected chi connectivity index (χ4v) is 1.69. The van der Waals surface area contributed by atoms with Crippen LogP contribution in [-0.4, -0.2) is 12.5 Å². The van der Waals surface area contributed by atoms with E-state index in [1.807, 2.05) is 6.07 Å². The number of nitriles is 1. The minimum Gasteiger partial charge on any atom is -0.478 e. The van der Waals surface area contributed by atoms with Crippen molar-refractivity contribution in [3.05, 3.63) is 46.8 Å². The van der Waals surface area contributed by atoms with Crippen LogP contribution in [0.15, 0.2) is 35.7 Å². The van der Waals surface area contributed by atoms with Crippen molar-refractivity contribution in [1.82, 2.24) is 5.32 Å². The smallest absolute Gasteiger partial charge is 0.416 e. The summed E-state index contributed by atoms with van der Waals surface area (Å²) < 4.78 is 42.7. The molecule has 0 spiro atoms. The molecule has 20 heavy (non-hydrogen) atoms. The first-order chi connectivity index (χ1) is 9.41. The Morgan fingerprint density at radius 1 is 1.40 bits per heavy atom. The molecule has 0 saturated carbocycles. The molecule has 1 aliphatic rings. The lowest BCUT2D eigenvalue weighted by atomic mass is 10.1. The molecule has 0 fully saturated rings. The van der Waals surface area contributed by atoms with E-state index in [0.717, 1.165) is 18.2 Å². The number of nitrogens with zero attached hydrogens (tertiary/aromatic N) is 1. The van der Waals surface area contributed by atoms with E-state index in [4.69, 9.17) is 10.00 Å². The molecule has 104 valence electrons. The third kappa shape index (κ3) is 2.91. The number of rotatable bonds is 2. The van der Waals surface area contributed by atoms with Crippen molar-refractivity contribution in [2.45, 2.75) is 12.6 Å². The summed E-state index contributed by atoms with van der Waals surface area (Å²) >= 11 is 0. The molecule has 0 unspecified atom stereocenters. The van der Waals surface area contributed by atoms with E-state index in [-0.39, 0.29) is 23.6 Å². The Morgan fingerprint density at radius 3 is 2.80 bits per heavy atom. The first kappa shape index (κ1) is 13.9. The predicted octanol–water partition coefficient (Wildman–Crippen LogP) is 2.59. The van der Waals surface area contributed by atoms with Gasteiger partial charge in [0.1, 0.15) is 6.07 Å². The highest BCUT2D eigenvalue weighted by molar-refractivity contribution is 5.95. The Labute approximate surface area is 112 Å². The molecule has 0 atom stereocenters. The Kier molecular flexibility index (Phi) is 3.66. The molecule has 1 aromatic rings. The molecule has 4 nitrogen and oxygen atoms in total. The van der Waals surface area contributed by atoms with Gasteiger partial charge in [-0.2, -0.15) is 18.4 Å². The number of ether oxygens (including phenoxy) is 1. The van der Waals surface area contributed by atoms with Crippen molar-refractivity contribution >= 4 is 5.91 Å². The maximum Gasteiger partial charge on any atom is 0.416 e. The van der Waals surface area contributed by atoms with Gasteiger partial charge in [-0.25, -0.2) is 0 Å². The highest BCUT2D eigenvalue weighted by Gasteiger charge is 2.31. The lowest BCUT2D eigenvalue weighted by Gasteiger charge is -2.09. The number of carbonyl (C=O) groups is 1. The number of hydrogen-bond donors (Lipinski definition) is 1. The molecule has 1 amide bonds. The molecule has 2 rings (SSSR count). The minimum absolute atomic E-state index is 0.00918. The molecule has 7 heteroatoms. The maximum atomic E-state index is 12.5. The van der Waals surface area contributed by atoms with Crippen LogP contribution in [0, 0.1) is 11.3 Å². The van der Waals surface area contributed by atoms with Gasteiger partial charge in [0.05, 0.1) is 17.7 Å². The van der Waals surface area contributed by atoms with Gasteiger partial charge in [0.25, 0.3) is 5.91 Å². The van der Waals surface area contributed by atoms with Gasteiger partial charge in [-0.05, 0) is 18.2 Å². The van der Waals surface area contributed by atoms with Crippen molar-refractivity contribution in [2.24, 2.45) is 0 Å². The Hall–Kier alpha value is -2.49. The molecule has 1 aromatic carbocycles. The summed E-state index contributed by atoms with van der Waals surface area (Å²) in [4.78, 5) is 11.8. The molecule has 0 bridgehead atoms. The Bertz CT molecular complexity index is 615. The second-order valence-corrected chi connectivity index (χ2v) is 4.05. The minimum atomic E-state index is -4.52. The third-order valence-corrected chi connectivity index (χ3v) is 2.69. The van der Waals surface area contributed by atoms with Crippen LogP contribution in [0.3, 0.4) is 0 Å². The van der Waals surface area contributed by atoms with Gasteiger partial charge in [0, 0.05) is 12.0 Å². The zero-order valence-corrected chi connectivity index (χ0v) is 10.1. The summed E-state index contributed by atoms with van der Waals surface area (Å²) in [7, 11) is 0. The number of carbonyl (C=O) groups excluding carboxylic acids is 1. The monoisotopic (exact) mass is 282 g/mol.